The van der Waals surface area contributed by atoms with Crippen LogP contribution in [0.3, 0.4) is 0 Å². The zero-order valence-corrected chi connectivity index (χ0v) is 20.3. The van der Waals surface area contributed by atoms with Crippen molar-refractivity contribution in [2.45, 2.75) is 103 Å². The van der Waals surface area contributed by atoms with Crippen LogP contribution in [0.1, 0.15) is 79.1 Å². The molecule has 6 aliphatic rings. The Labute approximate surface area is 192 Å². The Morgan fingerprint density at radius 1 is 0.969 bits per heavy atom. The van der Waals surface area contributed by atoms with E-state index >= 15 is 0 Å². The fourth-order valence-electron chi connectivity index (χ4n) is 10.1. The molecular formula is C27H42O5. The first-order valence-corrected chi connectivity index (χ1v) is 13.3. The van der Waals surface area contributed by atoms with Gasteiger partial charge in [0.05, 0.1) is 24.9 Å². The van der Waals surface area contributed by atoms with Gasteiger partial charge in [-0.2, -0.15) is 0 Å². The van der Waals surface area contributed by atoms with E-state index in [9.17, 15) is 15.0 Å². The number of hydrogen-bond donors (Lipinski definition) is 2. The first kappa shape index (κ1) is 22.0. The summed E-state index contributed by atoms with van der Waals surface area (Å²) in [5.74, 6) is 2.69. The van der Waals surface area contributed by atoms with Gasteiger partial charge in [0.25, 0.3) is 0 Å². The van der Waals surface area contributed by atoms with Crippen LogP contribution >= 0.6 is 0 Å². The fraction of sp³-hybridized carbons (Fsp3) is 0.963. The molecule has 0 aromatic carbocycles. The minimum absolute atomic E-state index is 0.0940. The molecule has 2 N–H and O–H groups in total. The smallest absolute Gasteiger partial charge is 0.171 e. The van der Waals surface area contributed by atoms with E-state index in [1.54, 1.807) is 0 Å². The maximum atomic E-state index is 13.4. The first-order valence-electron chi connectivity index (χ1n) is 13.3. The number of fused-ring (bicyclic) bond motifs is 7. The predicted molar refractivity (Wildman–Crippen MR) is 120 cm³/mol. The summed E-state index contributed by atoms with van der Waals surface area (Å²) < 4.78 is 13.2. The lowest BCUT2D eigenvalue weighted by Crippen LogP contribution is -2.59. The molecule has 0 radical (unpaired) electrons. The molecule has 4 aliphatic carbocycles. The summed E-state index contributed by atoms with van der Waals surface area (Å²) in [6.07, 6.45) is 5.97. The van der Waals surface area contributed by atoms with Crippen LogP contribution < -0.4 is 0 Å². The molecule has 1 spiro atoms. The topological polar surface area (TPSA) is 76.0 Å². The minimum atomic E-state index is -0.753. The molecule has 2 heterocycles. The zero-order chi connectivity index (χ0) is 22.6. The molecule has 0 amide bonds. The van der Waals surface area contributed by atoms with Crippen LogP contribution in [0.25, 0.3) is 0 Å². The van der Waals surface area contributed by atoms with Crippen molar-refractivity contribution in [3.05, 3.63) is 0 Å². The second-order valence-corrected chi connectivity index (χ2v) is 13.2. The van der Waals surface area contributed by atoms with Crippen LogP contribution in [-0.4, -0.2) is 46.7 Å². The van der Waals surface area contributed by atoms with E-state index in [2.05, 4.69) is 27.7 Å². The zero-order valence-electron chi connectivity index (χ0n) is 20.3. The van der Waals surface area contributed by atoms with Crippen LogP contribution in [-0.2, 0) is 14.3 Å². The fourth-order valence-corrected chi connectivity index (χ4v) is 10.1. The van der Waals surface area contributed by atoms with Crippen molar-refractivity contribution >= 4 is 5.78 Å². The number of ketones is 1. The van der Waals surface area contributed by atoms with E-state index in [0.29, 0.717) is 60.6 Å². The SMILES string of the molecule is CC1CC[C@@]2(OC1)O[C@H]1C[C@H]3[C@@H]4CC(=O)[C@H]5C[C@H](O)[C@H](O)C[C@]5(C)[C@H]4CC[C@]3(C)[C@H]1[C@@H]2C. The van der Waals surface area contributed by atoms with Gasteiger partial charge in [-0.1, -0.05) is 27.7 Å². The van der Waals surface area contributed by atoms with Gasteiger partial charge in [0.15, 0.2) is 5.79 Å². The Kier molecular flexibility index (Phi) is 4.83. The summed E-state index contributed by atoms with van der Waals surface area (Å²) in [6.45, 7) is 10.2. The molecule has 2 aliphatic heterocycles. The number of Topliss-reactive ketones (excluding diaryl/α,β-unsaturated/α-hetero) is 1. The number of aliphatic hydroxyl groups is 2. The molecule has 1 unspecified atom stereocenters. The van der Waals surface area contributed by atoms with Crippen LogP contribution in [0.4, 0.5) is 0 Å². The summed E-state index contributed by atoms with van der Waals surface area (Å²) in [5.41, 5.74) is 0.00540. The van der Waals surface area contributed by atoms with Gasteiger partial charge in [-0.05, 0) is 78.9 Å². The van der Waals surface area contributed by atoms with Gasteiger partial charge in [0.1, 0.15) is 5.78 Å². The highest BCUT2D eigenvalue weighted by Crippen LogP contribution is 2.71. The highest BCUT2D eigenvalue weighted by molar-refractivity contribution is 5.83. The number of aliphatic hydroxyl groups excluding tert-OH is 2. The highest BCUT2D eigenvalue weighted by Gasteiger charge is 2.70. The van der Waals surface area contributed by atoms with Gasteiger partial charge in [0.2, 0.25) is 0 Å². The second kappa shape index (κ2) is 7.02. The van der Waals surface area contributed by atoms with E-state index in [0.717, 1.165) is 25.9 Å². The minimum Gasteiger partial charge on any atom is -0.390 e. The van der Waals surface area contributed by atoms with Gasteiger partial charge in [-0.15, -0.1) is 0 Å². The predicted octanol–water partition coefficient (Wildman–Crippen LogP) is 3.94. The van der Waals surface area contributed by atoms with Crippen molar-refractivity contribution < 1.29 is 24.5 Å². The maximum Gasteiger partial charge on any atom is 0.171 e. The molecule has 5 heteroatoms. The average molecular weight is 447 g/mol. The molecule has 5 nitrogen and oxygen atoms in total. The lowest BCUT2D eigenvalue weighted by atomic mass is 9.44. The van der Waals surface area contributed by atoms with Crippen LogP contribution in [0.5, 0.6) is 0 Å². The lowest BCUT2D eigenvalue weighted by molar-refractivity contribution is -0.273. The van der Waals surface area contributed by atoms with Crippen molar-refractivity contribution in [2.75, 3.05) is 6.61 Å². The number of carbonyl (C=O) groups is 1. The molecule has 6 rings (SSSR count). The van der Waals surface area contributed by atoms with E-state index in [1.807, 2.05) is 0 Å². The second-order valence-electron chi connectivity index (χ2n) is 13.2. The van der Waals surface area contributed by atoms with Crippen LogP contribution in [0, 0.1) is 52.3 Å². The van der Waals surface area contributed by atoms with Crippen molar-refractivity contribution in [2.24, 2.45) is 52.3 Å². The third-order valence-electron chi connectivity index (χ3n) is 11.7. The molecule has 0 aromatic heterocycles. The number of ether oxygens (including phenoxy) is 2. The van der Waals surface area contributed by atoms with E-state index < -0.39 is 18.0 Å². The van der Waals surface area contributed by atoms with Crippen molar-refractivity contribution in [1.82, 2.24) is 0 Å². The molecule has 6 fully saturated rings. The van der Waals surface area contributed by atoms with E-state index in [-0.39, 0.29) is 22.9 Å². The summed E-state index contributed by atoms with van der Waals surface area (Å²) >= 11 is 0. The number of rotatable bonds is 0. The third kappa shape index (κ3) is 2.74. The summed E-state index contributed by atoms with van der Waals surface area (Å²) in [6, 6.07) is 0. The standard InChI is InChI=1S/C27H42O5/c1-14-5-8-27(31-13-14)15(2)24-23(32-27)11-18-16-9-20(28)19-10-21(29)22(30)12-26(19,4)17(16)6-7-25(18,24)3/h14-19,21-24,29-30H,5-13H2,1-4H3/t14?,15-,16+,17-,18-,19+,21-,22+,23-,24-,25-,26+,27+/m0/s1. The molecule has 0 aromatic rings. The van der Waals surface area contributed by atoms with Crippen LogP contribution in [0.2, 0.25) is 0 Å². The van der Waals surface area contributed by atoms with Crippen molar-refractivity contribution in [1.29, 1.82) is 0 Å². The Morgan fingerprint density at radius 3 is 2.47 bits per heavy atom. The largest absolute Gasteiger partial charge is 0.390 e. The third-order valence-corrected chi connectivity index (χ3v) is 11.7. The lowest BCUT2D eigenvalue weighted by Gasteiger charge is -2.61. The van der Waals surface area contributed by atoms with Crippen LogP contribution in [0.15, 0.2) is 0 Å². The molecule has 2 saturated heterocycles. The molecular weight excluding hydrogens is 404 g/mol. The molecule has 13 atom stereocenters. The number of hydrogen-bond acceptors (Lipinski definition) is 5. The van der Waals surface area contributed by atoms with E-state index in [1.165, 1.54) is 12.8 Å². The highest BCUT2D eigenvalue weighted by atomic mass is 16.7. The average Bonchev–Trinajstić information content (AvgIpc) is 3.18. The number of carbonyl (C=O) groups excluding carboxylic acids is 1. The van der Waals surface area contributed by atoms with E-state index in [4.69, 9.17) is 9.47 Å². The molecule has 180 valence electrons. The summed E-state index contributed by atoms with van der Waals surface area (Å²) in [4.78, 5) is 13.4. The monoisotopic (exact) mass is 446 g/mol. The maximum absolute atomic E-state index is 13.4. The molecule has 4 saturated carbocycles. The summed E-state index contributed by atoms with van der Waals surface area (Å²) in [5, 5.41) is 20.8. The first-order chi connectivity index (χ1) is 15.1. The Balaban J connectivity index is 1.29. The van der Waals surface area contributed by atoms with Gasteiger partial charge >= 0.3 is 0 Å². The van der Waals surface area contributed by atoms with Gasteiger partial charge in [0, 0.05) is 24.7 Å². The Bertz CT molecular complexity index is 789. The molecule has 0 bridgehead atoms. The van der Waals surface area contributed by atoms with Gasteiger partial charge < -0.3 is 19.7 Å². The molecule has 32 heavy (non-hydrogen) atoms. The Morgan fingerprint density at radius 2 is 1.75 bits per heavy atom. The van der Waals surface area contributed by atoms with Crippen molar-refractivity contribution in [3.63, 3.8) is 0 Å². The normalized spacial score (nSPS) is 61.8. The summed E-state index contributed by atoms with van der Waals surface area (Å²) in [7, 11) is 0. The van der Waals surface area contributed by atoms with Gasteiger partial charge in [-0.3, -0.25) is 4.79 Å². The quantitative estimate of drug-likeness (QED) is 0.589. The van der Waals surface area contributed by atoms with Crippen molar-refractivity contribution in [3.8, 4) is 0 Å². The Hall–Kier alpha value is -0.490. The van der Waals surface area contributed by atoms with Gasteiger partial charge in [-0.25, -0.2) is 0 Å².